The molecule has 7 heteroatoms. The van der Waals surface area contributed by atoms with Crippen molar-refractivity contribution >= 4 is 31.9 Å². The summed E-state index contributed by atoms with van der Waals surface area (Å²) in [5.41, 5.74) is 4.38. The first-order valence-electron chi connectivity index (χ1n) is 6.44. The number of aryl methyl sites for hydroxylation is 2. The Labute approximate surface area is 137 Å². The number of nitrogens with one attached hydrogen (secondary N) is 2. The number of hydrogen-bond donors (Lipinski definition) is 2. The third-order valence-corrected chi connectivity index (χ3v) is 5.19. The topological polar surface area (TPSA) is 75.3 Å². The number of benzene rings is 2. The Balaban J connectivity index is 2.10. The molecule has 0 fully saturated rings. The van der Waals surface area contributed by atoms with Crippen LogP contribution in [0.4, 0.5) is 0 Å². The van der Waals surface area contributed by atoms with E-state index in [4.69, 9.17) is 0 Å². The van der Waals surface area contributed by atoms with Crippen LogP contribution >= 0.6 is 15.9 Å². The van der Waals surface area contributed by atoms with E-state index in [0.29, 0.717) is 5.56 Å². The summed E-state index contributed by atoms with van der Waals surface area (Å²) in [7, 11) is -3.81. The monoisotopic (exact) mass is 382 g/mol. The van der Waals surface area contributed by atoms with Crippen molar-refractivity contribution in [2.24, 2.45) is 0 Å². The fourth-order valence-electron chi connectivity index (χ4n) is 1.73. The first-order chi connectivity index (χ1) is 10.3. The zero-order chi connectivity index (χ0) is 16.3. The van der Waals surface area contributed by atoms with E-state index in [9.17, 15) is 13.2 Å². The maximum atomic E-state index is 12.1. The van der Waals surface area contributed by atoms with Crippen molar-refractivity contribution in [2.45, 2.75) is 18.7 Å². The van der Waals surface area contributed by atoms with Crippen molar-refractivity contribution in [2.75, 3.05) is 0 Å². The van der Waals surface area contributed by atoms with Crippen LogP contribution in [-0.4, -0.2) is 14.3 Å². The largest absolute Gasteiger partial charge is 0.273 e. The quantitative estimate of drug-likeness (QED) is 0.798. The lowest BCUT2D eigenvalue weighted by atomic mass is 10.1. The molecule has 0 radical (unpaired) electrons. The predicted molar refractivity (Wildman–Crippen MR) is 87.8 cm³/mol. The molecule has 2 aromatic rings. The van der Waals surface area contributed by atoms with E-state index in [-0.39, 0.29) is 4.90 Å². The molecule has 5 nitrogen and oxygen atoms in total. The van der Waals surface area contributed by atoms with Crippen molar-refractivity contribution < 1.29 is 13.2 Å². The molecule has 0 bridgehead atoms. The second kappa shape index (κ2) is 6.60. The number of hydrazine groups is 1. The molecule has 0 saturated carbocycles. The molecule has 0 aliphatic carbocycles. The second-order valence-corrected chi connectivity index (χ2v) is 7.37. The number of carbonyl (C=O) groups excluding carboxylic acids is 1. The van der Waals surface area contributed by atoms with Gasteiger partial charge >= 0.3 is 0 Å². The molecule has 2 N–H and O–H groups in total. The van der Waals surface area contributed by atoms with Gasteiger partial charge in [-0.15, -0.1) is 4.83 Å². The van der Waals surface area contributed by atoms with Gasteiger partial charge in [-0.05, 0) is 49.7 Å². The number of hydrogen-bond acceptors (Lipinski definition) is 3. The highest BCUT2D eigenvalue weighted by molar-refractivity contribution is 9.10. The Morgan fingerprint density at radius 3 is 2.27 bits per heavy atom. The lowest BCUT2D eigenvalue weighted by Gasteiger charge is -2.09. The van der Waals surface area contributed by atoms with E-state index in [2.05, 4.69) is 26.2 Å². The number of sulfonamides is 1. The first-order valence-corrected chi connectivity index (χ1v) is 8.72. The Bertz CT molecular complexity index is 802. The van der Waals surface area contributed by atoms with Crippen LogP contribution in [0.1, 0.15) is 21.5 Å². The summed E-state index contributed by atoms with van der Waals surface area (Å²) < 4.78 is 25.1. The molecule has 0 spiro atoms. The van der Waals surface area contributed by atoms with Gasteiger partial charge in [0.1, 0.15) is 0 Å². The molecule has 116 valence electrons. The summed E-state index contributed by atoms with van der Waals surface area (Å²) in [5, 5.41) is 0. The van der Waals surface area contributed by atoms with E-state index in [1.807, 2.05) is 6.92 Å². The average Bonchev–Trinajstić information content (AvgIpc) is 2.48. The van der Waals surface area contributed by atoms with Crippen molar-refractivity contribution in [1.82, 2.24) is 10.3 Å². The van der Waals surface area contributed by atoms with Crippen molar-refractivity contribution in [3.63, 3.8) is 0 Å². The summed E-state index contributed by atoms with van der Waals surface area (Å²) >= 11 is 3.31. The molecule has 1 amide bonds. The van der Waals surface area contributed by atoms with E-state index in [0.717, 1.165) is 15.6 Å². The number of halogens is 1. The average molecular weight is 383 g/mol. The van der Waals surface area contributed by atoms with Gasteiger partial charge in [-0.25, -0.2) is 8.42 Å². The SMILES string of the molecule is Cc1ccc(C(=O)NNS(=O)(=O)c2ccc(Br)c(C)c2)cc1. The minimum atomic E-state index is -3.81. The van der Waals surface area contributed by atoms with Gasteiger partial charge in [0.2, 0.25) is 0 Å². The van der Waals surface area contributed by atoms with Gasteiger partial charge in [-0.1, -0.05) is 33.6 Å². The van der Waals surface area contributed by atoms with Crippen LogP contribution in [-0.2, 0) is 10.0 Å². The second-order valence-electron chi connectivity index (χ2n) is 4.84. The molecule has 2 aromatic carbocycles. The highest BCUT2D eigenvalue weighted by atomic mass is 79.9. The minimum Gasteiger partial charge on any atom is -0.273 e. The Morgan fingerprint density at radius 2 is 1.68 bits per heavy atom. The van der Waals surface area contributed by atoms with Crippen LogP contribution in [0.3, 0.4) is 0 Å². The first kappa shape index (κ1) is 16.7. The third kappa shape index (κ3) is 3.94. The lowest BCUT2D eigenvalue weighted by Crippen LogP contribution is -2.41. The predicted octanol–water partition coefficient (Wildman–Crippen LogP) is 2.69. The molecule has 0 unspecified atom stereocenters. The van der Waals surface area contributed by atoms with Crippen LogP contribution < -0.4 is 10.3 Å². The number of amides is 1. The molecule has 0 atom stereocenters. The third-order valence-electron chi connectivity index (χ3n) is 3.05. The molecule has 0 aromatic heterocycles. The van der Waals surface area contributed by atoms with Gasteiger partial charge in [-0.3, -0.25) is 10.2 Å². The van der Waals surface area contributed by atoms with Crippen LogP contribution in [0.25, 0.3) is 0 Å². The highest BCUT2D eigenvalue weighted by Crippen LogP contribution is 2.19. The van der Waals surface area contributed by atoms with Gasteiger partial charge in [0.15, 0.2) is 0 Å². The zero-order valence-electron chi connectivity index (χ0n) is 12.1. The van der Waals surface area contributed by atoms with Gasteiger partial charge in [0, 0.05) is 10.0 Å². The van der Waals surface area contributed by atoms with Crippen molar-refractivity contribution in [3.05, 3.63) is 63.6 Å². The van der Waals surface area contributed by atoms with Gasteiger partial charge in [0.25, 0.3) is 15.9 Å². The highest BCUT2D eigenvalue weighted by Gasteiger charge is 2.16. The number of carbonyl (C=O) groups is 1. The van der Waals surface area contributed by atoms with Crippen LogP contribution in [0.2, 0.25) is 0 Å². The maximum Gasteiger partial charge on any atom is 0.266 e. The standard InChI is InChI=1S/C15H15BrN2O3S/c1-10-3-5-12(6-4-10)15(19)17-18-22(20,21)13-7-8-14(16)11(2)9-13/h3-9,18H,1-2H3,(H,17,19). The van der Waals surface area contributed by atoms with Crippen molar-refractivity contribution in [3.8, 4) is 0 Å². The van der Waals surface area contributed by atoms with Crippen molar-refractivity contribution in [1.29, 1.82) is 0 Å². The molecule has 22 heavy (non-hydrogen) atoms. The smallest absolute Gasteiger partial charge is 0.266 e. The normalized spacial score (nSPS) is 11.2. The summed E-state index contributed by atoms with van der Waals surface area (Å²) in [6, 6.07) is 11.4. The molecule has 0 saturated heterocycles. The van der Waals surface area contributed by atoms with E-state index in [1.54, 1.807) is 37.3 Å². The van der Waals surface area contributed by atoms with Gasteiger partial charge in [0.05, 0.1) is 4.90 Å². The van der Waals surface area contributed by atoms with E-state index in [1.165, 1.54) is 12.1 Å². The van der Waals surface area contributed by atoms with Crippen LogP contribution in [0, 0.1) is 13.8 Å². The molecular weight excluding hydrogens is 368 g/mol. The molecule has 0 aliphatic rings. The Morgan fingerprint density at radius 1 is 1.05 bits per heavy atom. The fourth-order valence-corrected chi connectivity index (χ4v) is 2.90. The summed E-state index contributed by atoms with van der Waals surface area (Å²) in [4.78, 5) is 14.1. The summed E-state index contributed by atoms with van der Waals surface area (Å²) in [6.45, 7) is 3.69. The molecule has 0 heterocycles. The van der Waals surface area contributed by atoms with E-state index >= 15 is 0 Å². The van der Waals surface area contributed by atoms with Crippen LogP contribution in [0.5, 0.6) is 0 Å². The fraction of sp³-hybridized carbons (Fsp3) is 0.133. The Hall–Kier alpha value is -1.70. The molecular formula is C15H15BrN2O3S. The maximum absolute atomic E-state index is 12.1. The minimum absolute atomic E-state index is 0.0809. The van der Waals surface area contributed by atoms with E-state index < -0.39 is 15.9 Å². The summed E-state index contributed by atoms with van der Waals surface area (Å²) in [6.07, 6.45) is 0. The zero-order valence-corrected chi connectivity index (χ0v) is 14.5. The molecule has 0 aliphatic heterocycles. The summed E-state index contributed by atoms with van der Waals surface area (Å²) in [5.74, 6) is -0.516. The number of rotatable bonds is 4. The van der Waals surface area contributed by atoms with Gasteiger partial charge < -0.3 is 0 Å². The van der Waals surface area contributed by atoms with Crippen LogP contribution in [0.15, 0.2) is 51.8 Å². The molecule has 2 rings (SSSR count). The Kier molecular flexibility index (Phi) is 5.00. The lowest BCUT2D eigenvalue weighted by molar-refractivity contribution is 0.0945. The van der Waals surface area contributed by atoms with Gasteiger partial charge in [-0.2, -0.15) is 0 Å².